The number of hydrogen-bond acceptors (Lipinski definition) is 3. The van der Waals surface area contributed by atoms with Crippen molar-refractivity contribution in [3.8, 4) is 0 Å². The molecule has 0 saturated carbocycles. The molecule has 138 valence electrons. The number of aromatic nitrogens is 2. The smallest absolute Gasteiger partial charge is 0.162 e. The average molecular weight is 358 g/mol. The van der Waals surface area contributed by atoms with E-state index in [0.29, 0.717) is 17.5 Å². The number of rotatable bonds is 3. The van der Waals surface area contributed by atoms with Gasteiger partial charge in [0.1, 0.15) is 5.82 Å². The van der Waals surface area contributed by atoms with Crippen LogP contribution in [0.3, 0.4) is 0 Å². The van der Waals surface area contributed by atoms with Gasteiger partial charge in [0, 0.05) is 43.0 Å². The van der Waals surface area contributed by atoms with Gasteiger partial charge in [0.2, 0.25) is 0 Å². The maximum absolute atomic E-state index is 14.6. The van der Waals surface area contributed by atoms with E-state index in [9.17, 15) is 8.78 Å². The maximum Gasteiger partial charge on any atom is 0.162 e. The minimum Gasteiger partial charge on any atom is -0.345 e. The third-order valence-corrected chi connectivity index (χ3v) is 6.60. The molecule has 0 aliphatic carbocycles. The third kappa shape index (κ3) is 2.50. The maximum atomic E-state index is 14.6. The van der Waals surface area contributed by atoms with Crippen molar-refractivity contribution in [2.24, 2.45) is 5.92 Å². The van der Waals surface area contributed by atoms with Crippen molar-refractivity contribution in [1.29, 1.82) is 0 Å². The number of nitrogens with one attached hydrogen (secondary N) is 1. The summed E-state index contributed by atoms with van der Waals surface area (Å²) in [6.45, 7) is 5.67. The van der Waals surface area contributed by atoms with Crippen molar-refractivity contribution in [2.45, 2.75) is 44.3 Å². The molecule has 4 aliphatic heterocycles. The van der Waals surface area contributed by atoms with E-state index in [1.165, 1.54) is 18.9 Å². The fourth-order valence-electron chi connectivity index (χ4n) is 5.57. The van der Waals surface area contributed by atoms with Crippen LogP contribution in [0.2, 0.25) is 0 Å². The topological polar surface area (TPSA) is 35.2 Å². The second-order valence-corrected chi connectivity index (χ2v) is 8.03. The molecule has 4 nitrogen and oxygen atoms in total. The van der Waals surface area contributed by atoms with Crippen molar-refractivity contribution in [2.75, 3.05) is 19.6 Å². The lowest BCUT2D eigenvalue weighted by atomic mass is 9.75. The molecular weight excluding hydrogens is 334 g/mol. The number of hydrogen-bond donors (Lipinski definition) is 1. The zero-order valence-corrected chi connectivity index (χ0v) is 15.0. The van der Waals surface area contributed by atoms with E-state index in [-0.39, 0.29) is 12.0 Å². The summed E-state index contributed by atoms with van der Waals surface area (Å²) < 4.78 is 28.5. The monoisotopic (exact) mass is 358 g/mol. The van der Waals surface area contributed by atoms with Crippen LogP contribution >= 0.6 is 0 Å². The molecule has 0 radical (unpaired) electrons. The van der Waals surface area contributed by atoms with Crippen LogP contribution in [0.15, 0.2) is 24.4 Å². The van der Waals surface area contributed by atoms with Gasteiger partial charge in [-0.15, -0.1) is 0 Å². The lowest BCUT2D eigenvalue weighted by molar-refractivity contribution is -0.00914. The molecule has 6 rings (SSSR count). The second kappa shape index (κ2) is 6.13. The summed E-state index contributed by atoms with van der Waals surface area (Å²) in [6.07, 6.45) is 4.30. The van der Waals surface area contributed by atoms with E-state index >= 15 is 0 Å². The minimum atomic E-state index is -0.738. The predicted molar refractivity (Wildman–Crippen MR) is 94.7 cm³/mol. The Hall–Kier alpha value is -1.79. The highest BCUT2D eigenvalue weighted by molar-refractivity contribution is 5.29. The number of aromatic amines is 1. The molecule has 0 amide bonds. The van der Waals surface area contributed by atoms with Crippen LogP contribution in [0.5, 0.6) is 0 Å². The van der Waals surface area contributed by atoms with Crippen LogP contribution in [0.25, 0.3) is 0 Å². The molecule has 26 heavy (non-hydrogen) atoms. The van der Waals surface area contributed by atoms with Crippen LogP contribution in [0, 0.1) is 24.5 Å². The Morgan fingerprint density at radius 1 is 1.19 bits per heavy atom. The highest BCUT2D eigenvalue weighted by Crippen LogP contribution is 2.47. The Balaban J connectivity index is 1.51. The Kier molecular flexibility index (Phi) is 3.87. The molecule has 6 heteroatoms. The van der Waals surface area contributed by atoms with Gasteiger partial charge in [0.05, 0.1) is 0 Å². The zero-order chi connectivity index (χ0) is 17.8. The number of aryl methyl sites for hydroxylation is 1. The average Bonchev–Trinajstić information content (AvgIpc) is 3.24. The number of imidazole rings is 1. The normalized spacial score (nSPS) is 33.6. The molecule has 1 N–H and O–H groups in total. The summed E-state index contributed by atoms with van der Waals surface area (Å²) in [4.78, 5) is 12.6. The lowest BCUT2D eigenvalue weighted by Gasteiger charge is -2.51. The van der Waals surface area contributed by atoms with E-state index in [4.69, 9.17) is 0 Å². The van der Waals surface area contributed by atoms with Gasteiger partial charge >= 0.3 is 0 Å². The van der Waals surface area contributed by atoms with E-state index in [0.717, 1.165) is 37.7 Å². The third-order valence-electron chi connectivity index (χ3n) is 6.60. The molecule has 4 fully saturated rings. The summed E-state index contributed by atoms with van der Waals surface area (Å²) in [5.74, 6) is 0.173. The zero-order valence-electron chi connectivity index (χ0n) is 15.0. The summed E-state index contributed by atoms with van der Waals surface area (Å²) >= 11 is 0. The molecule has 2 aromatic rings. The number of benzene rings is 1. The van der Waals surface area contributed by atoms with Crippen LogP contribution in [0.4, 0.5) is 8.78 Å². The van der Waals surface area contributed by atoms with Gasteiger partial charge in [-0.25, -0.2) is 13.8 Å². The number of nitrogens with zero attached hydrogens (tertiary/aromatic N) is 3. The summed E-state index contributed by atoms with van der Waals surface area (Å²) in [5.41, 5.74) is 1.63. The summed E-state index contributed by atoms with van der Waals surface area (Å²) in [6, 6.07) is 5.31. The Bertz CT molecular complexity index is 812. The van der Waals surface area contributed by atoms with Crippen molar-refractivity contribution < 1.29 is 8.78 Å². The molecule has 4 saturated heterocycles. The highest BCUT2D eigenvalue weighted by atomic mass is 19.2. The second-order valence-electron chi connectivity index (χ2n) is 8.03. The van der Waals surface area contributed by atoms with Gasteiger partial charge in [0.15, 0.2) is 11.6 Å². The van der Waals surface area contributed by atoms with Crippen molar-refractivity contribution in [3.05, 3.63) is 53.1 Å². The predicted octanol–water partition coefficient (Wildman–Crippen LogP) is 3.06. The molecule has 0 spiro atoms. The fraction of sp³-hybridized carbons (Fsp3) is 0.550. The Morgan fingerprint density at radius 3 is 2.73 bits per heavy atom. The van der Waals surface area contributed by atoms with Crippen LogP contribution < -0.4 is 0 Å². The first kappa shape index (κ1) is 16.4. The number of fused-ring (bicyclic) bond motifs is 2. The van der Waals surface area contributed by atoms with E-state index < -0.39 is 11.6 Å². The van der Waals surface area contributed by atoms with Gasteiger partial charge in [-0.05, 0) is 50.4 Å². The molecule has 3 atom stereocenters. The van der Waals surface area contributed by atoms with Crippen LogP contribution in [-0.4, -0.2) is 51.5 Å². The largest absolute Gasteiger partial charge is 0.345 e. The molecule has 5 heterocycles. The quantitative estimate of drug-likeness (QED) is 0.916. The van der Waals surface area contributed by atoms with E-state index in [2.05, 4.69) is 19.8 Å². The molecule has 4 aliphatic rings. The first-order valence-corrected chi connectivity index (χ1v) is 9.54. The molecule has 0 unspecified atom stereocenters. The summed E-state index contributed by atoms with van der Waals surface area (Å²) in [7, 11) is 0. The fourth-order valence-corrected chi connectivity index (χ4v) is 5.57. The van der Waals surface area contributed by atoms with Crippen molar-refractivity contribution >= 4 is 0 Å². The van der Waals surface area contributed by atoms with Gasteiger partial charge in [-0.2, -0.15) is 0 Å². The van der Waals surface area contributed by atoms with Crippen LogP contribution in [0.1, 0.15) is 35.8 Å². The minimum absolute atomic E-state index is 0.0165. The van der Waals surface area contributed by atoms with Crippen molar-refractivity contribution in [3.63, 3.8) is 0 Å². The van der Waals surface area contributed by atoms with Gasteiger partial charge in [0.25, 0.3) is 0 Å². The lowest BCUT2D eigenvalue weighted by Crippen LogP contribution is -2.60. The molecule has 1 aromatic heterocycles. The Morgan fingerprint density at radius 2 is 2.00 bits per heavy atom. The Labute approximate surface area is 152 Å². The standard InChI is InChI=1S/C20H24F2N4/c1-12-23-9-14(24-12)10-26-11-16(15-3-2-4-17(21)18(15)22)20-19(26)13-5-7-25(20)8-6-13/h2-4,9,13,16,19-20H,5-8,10-11H2,1H3,(H,23,24)/t16-,19+,20+/m1/s1. The number of H-pyrrole nitrogens is 1. The molecule has 1 aromatic carbocycles. The van der Waals surface area contributed by atoms with Gasteiger partial charge < -0.3 is 4.98 Å². The van der Waals surface area contributed by atoms with Crippen molar-refractivity contribution in [1.82, 2.24) is 19.8 Å². The first-order valence-electron chi connectivity index (χ1n) is 9.54. The molecular formula is C20H24F2N4. The SMILES string of the molecule is Cc1ncc(CN2C[C@H](c3cccc(F)c3F)[C@H]3[C@@H]2C2CCN3CC2)[nH]1. The first-order chi connectivity index (χ1) is 12.6. The number of halogens is 2. The highest BCUT2D eigenvalue weighted by Gasteiger charge is 2.53. The number of piperidine rings is 3. The number of likely N-dealkylation sites (tertiary alicyclic amines) is 1. The van der Waals surface area contributed by atoms with E-state index in [1.807, 2.05) is 13.1 Å². The van der Waals surface area contributed by atoms with Crippen LogP contribution in [-0.2, 0) is 6.54 Å². The van der Waals surface area contributed by atoms with Gasteiger partial charge in [-0.1, -0.05) is 12.1 Å². The molecule has 2 bridgehead atoms. The van der Waals surface area contributed by atoms with Gasteiger partial charge in [-0.3, -0.25) is 9.80 Å². The van der Waals surface area contributed by atoms with E-state index in [1.54, 1.807) is 12.1 Å². The summed E-state index contributed by atoms with van der Waals surface area (Å²) in [5, 5.41) is 0.